The normalized spacial score (nSPS) is 14.7. The number of methoxy groups -OCH3 is 1. The molecule has 0 saturated heterocycles. The van der Waals surface area contributed by atoms with Gasteiger partial charge in [0.05, 0.1) is 38.6 Å². The fourth-order valence-corrected chi connectivity index (χ4v) is 2.61. The molecule has 0 radical (unpaired) electrons. The Hall–Kier alpha value is -3.07. The largest absolute Gasteiger partial charge is 0.497 e. The number of quaternary nitrogens is 1. The summed E-state index contributed by atoms with van der Waals surface area (Å²) < 4.78 is 10.1. The van der Waals surface area contributed by atoms with Crippen molar-refractivity contribution in [1.29, 1.82) is 0 Å². The van der Waals surface area contributed by atoms with Gasteiger partial charge in [0.25, 0.3) is 5.91 Å². The maximum absolute atomic E-state index is 12.2. The SMILES string of the molecule is CCOC(=O)C1=C(C[NH+](C)CC(=O)Nc2ccc(OC)cc2)NC(=O)NC1. The number of nitrogens with one attached hydrogen (secondary N) is 4. The predicted octanol–water partition coefficient (Wildman–Crippen LogP) is -0.722. The van der Waals surface area contributed by atoms with Gasteiger partial charge in [-0.3, -0.25) is 4.79 Å². The Bertz CT molecular complexity index is 730. The van der Waals surface area contributed by atoms with Crippen LogP contribution in [0.5, 0.6) is 5.75 Å². The number of carbonyl (C=O) groups is 3. The predicted molar refractivity (Wildman–Crippen MR) is 98.4 cm³/mol. The van der Waals surface area contributed by atoms with Crippen LogP contribution < -0.4 is 25.6 Å². The second-order valence-electron chi connectivity index (χ2n) is 6.07. The first-order chi connectivity index (χ1) is 12.9. The van der Waals surface area contributed by atoms with Crippen LogP contribution in [0.15, 0.2) is 35.5 Å². The molecule has 0 aliphatic carbocycles. The van der Waals surface area contributed by atoms with E-state index in [1.54, 1.807) is 45.3 Å². The quantitative estimate of drug-likeness (QED) is 0.447. The van der Waals surface area contributed by atoms with Crippen LogP contribution in [0, 0.1) is 0 Å². The number of anilines is 1. The number of carbonyl (C=O) groups excluding carboxylic acids is 3. The van der Waals surface area contributed by atoms with Crippen LogP contribution in [0.25, 0.3) is 0 Å². The summed E-state index contributed by atoms with van der Waals surface area (Å²) in [4.78, 5) is 36.7. The van der Waals surface area contributed by atoms with E-state index in [9.17, 15) is 14.4 Å². The highest BCUT2D eigenvalue weighted by molar-refractivity contribution is 5.94. The van der Waals surface area contributed by atoms with E-state index < -0.39 is 5.97 Å². The summed E-state index contributed by atoms with van der Waals surface area (Å²) in [5.41, 5.74) is 1.49. The Balaban J connectivity index is 1.96. The lowest BCUT2D eigenvalue weighted by Gasteiger charge is -2.23. The average molecular weight is 377 g/mol. The van der Waals surface area contributed by atoms with Crippen molar-refractivity contribution in [3.05, 3.63) is 35.5 Å². The molecule has 0 saturated carbocycles. The minimum Gasteiger partial charge on any atom is -0.497 e. The van der Waals surface area contributed by atoms with E-state index in [1.165, 1.54) is 0 Å². The van der Waals surface area contributed by atoms with Gasteiger partial charge in [-0.25, -0.2) is 9.59 Å². The number of hydrogen-bond donors (Lipinski definition) is 4. The van der Waals surface area contributed by atoms with Crippen LogP contribution in [0.2, 0.25) is 0 Å². The van der Waals surface area contributed by atoms with Crippen molar-refractivity contribution in [2.24, 2.45) is 0 Å². The summed E-state index contributed by atoms with van der Waals surface area (Å²) in [7, 11) is 3.38. The molecule has 1 aliphatic rings. The zero-order chi connectivity index (χ0) is 19.8. The molecule has 3 amide bonds. The molecule has 0 aromatic heterocycles. The van der Waals surface area contributed by atoms with Crippen molar-refractivity contribution < 1.29 is 28.8 Å². The van der Waals surface area contributed by atoms with E-state index in [-0.39, 0.29) is 31.6 Å². The average Bonchev–Trinajstić information content (AvgIpc) is 2.62. The molecule has 1 aromatic carbocycles. The lowest BCUT2D eigenvalue weighted by molar-refractivity contribution is -0.866. The molecule has 27 heavy (non-hydrogen) atoms. The molecular formula is C18H25N4O5+. The molecular weight excluding hydrogens is 352 g/mol. The topological polar surface area (TPSA) is 110 Å². The fourth-order valence-electron chi connectivity index (χ4n) is 2.61. The number of esters is 1. The maximum Gasteiger partial charge on any atom is 0.337 e. The zero-order valence-corrected chi connectivity index (χ0v) is 15.7. The molecule has 2 rings (SSSR count). The summed E-state index contributed by atoms with van der Waals surface area (Å²) in [6, 6.07) is 6.63. The smallest absolute Gasteiger partial charge is 0.337 e. The number of rotatable bonds is 8. The minimum absolute atomic E-state index is 0.103. The third-order valence-electron chi connectivity index (χ3n) is 3.89. The van der Waals surface area contributed by atoms with Gasteiger partial charge in [-0.2, -0.15) is 0 Å². The molecule has 1 aromatic rings. The Morgan fingerprint density at radius 2 is 1.96 bits per heavy atom. The molecule has 1 unspecified atom stereocenters. The van der Waals surface area contributed by atoms with Crippen LogP contribution in [-0.2, 0) is 14.3 Å². The summed E-state index contributed by atoms with van der Waals surface area (Å²) in [5.74, 6) is 0.0440. The highest BCUT2D eigenvalue weighted by Gasteiger charge is 2.26. The van der Waals surface area contributed by atoms with E-state index in [1.807, 2.05) is 0 Å². The first kappa shape index (κ1) is 20.2. The second kappa shape index (κ2) is 9.58. The molecule has 1 heterocycles. The molecule has 9 heteroatoms. The lowest BCUT2D eigenvalue weighted by Crippen LogP contribution is -3.10. The number of ether oxygens (including phenoxy) is 2. The van der Waals surface area contributed by atoms with Gasteiger partial charge in [0.15, 0.2) is 6.54 Å². The third kappa shape index (κ3) is 6.00. The summed E-state index contributed by atoms with van der Waals surface area (Å²) >= 11 is 0. The van der Waals surface area contributed by atoms with Gasteiger partial charge in [0.2, 0.25) is 0 Å². The fraction of sp³-hybridized carbons (Fsp3) is 0.389. The number of hydrogen-bond acceptors (Lipinski definition) is 5. The highest BCUT2D eigenvalue weighted by Crippen LogP contribution is 2.14. The van der Waals surface area contributed by atoms with Gasteiger partial charge in [0, 0.05) is 5.69 Å². The van der Waals surface area contributed by atoms with Crippen LogP contribution >= 0.6 is 0 Å². The molecule has 0 bridgehead atoms. The van der Waals surface area contributed by atoms with Crippen molar-refractivity contribution >= 4 is 23.6 Å². The monoisotopic (exact) mass is 377 g/mol. The van der Waals surface area contributed by atoms with E-state index in [0.717, 1.165) is 4.90 Å². The molecule has 0 fully saturated rings. The number of amides is 3. The van der Waals surface area contributed by atoms with E-state index in [2.05, 4.69) is 16.0 Å². The molecule has 1 aliphatic heterocycles. The first-order valence-corrected chi connectivity index (χ1v) is 8.62. The van der Waals surface area contributed by atoms with E-state index >= 15 is 0 Å². The van der Waals surface area contributed by atoms with Crippen molar-refractivity contribution in [1.82, 2.24) is 10.6 Å². The maximum atomic E-state index is 12.2. The lowest BCUT2D eigenvalue weighted by atomic mass is 10.1. The van der Waals surface area contributed by atoms with Crippen molar-refractivity contribution in [3.63, 3.8) is 0 Å². The standard InChI is InChI=1S/C18H24N4O5/c1-4-27-17(24)14-9-19-18(25)21-15(14)10-22(2)11-16(23)20-12-5-7-13(26-3)8-6-12/h5-8H,4,9-11H2,1-3H3,(H,20,23)(H2,19,21,25)/p+1. The molecule has 9 nitrogen and oxygen atoms in total. The van der Waals surface area contributed by atoms with Crippen molar-refractivity contribution in [2.75, 3.05) is 45.7 Å². The number of likely N-dealkylation sites (N-methyl/N-ethyl adjacent to an activating group) is 1. The molecule has 0 spiro atoms. The van der Waals surface area contributed by atoms with Gasteiger partial charge < -0.3 is 30.3 Å². The third-order valence-corrected chi connectivity index (χ3v) is 3.89. The van der Waals surface area contributed by atoms with Crippen LogP contribution in [-0.4, -0.2) is 58.3 Å². The second-order valence-corrected chi connectivity index (χ2v) is 6.07. The Morgan fingerprint density at radius 1 is 1.26 bits per heavy atom. The van der Waals surface area contributed by atoms with Crippen molar-refractivity contribution in [3.8, 4) is 5.75 Å². The van der Waals surface area contributed by atoms with Crippen LogP contribution in [0.4, 0.5) is 10.5 Å². The Labute approximate surface area is 157 Å². The molecule has 4 N–H and O–H groups in total. The highest BCUT2D eigenvalue weighted by atomic mass is 16.5. The Kier molecular flexibility index (Phi) is 7.18. The summed E-state index contributed by atoms with van der Waals surface area (Å²) in [6.07, 6.45) is 0. The number of urea groups is 1. The van der Waals surface area contributed by atoms with E-state index in [0.29, 0.717) is 29.3 Å². The van der Waals surface area contributed by atoms with Crippen LogP contribution in [0.1, 0.15) is 6.92 Å². The van der Waals surface area contributed by atoms with Crippen LogP contribution in [0.3, 0.4) is 0 Å². The van der Waals surface area contributed by atoms with Gasteiger partial charge in [-0.1, -0.05) is 0 Å². The van der Waals surface area contributed by atoms with Gasteiger partial charge in [0.1, 0.15) is 12.3 Å². The van der Waals surface area contributed by atoms with Gasteiger partial charge in [-0.05, 0) is 31.2 Å². The summed E-state index contributed by atoms with van der Waals surface area (Å²) in [6.45, 7) is 2.53. The van der Waals surface area contributed by atoms with Gasteiger partial charge >= 0.3 is 12.0 Å². The van der Waals surface area contributed by atoms with Crippen molar-refractivity contribution in [2.45, 2.75) is 6.92 Å². The molecule has 146 valence electrons. The minimum atomic E-state index is -0.476. The zero-order valence-electron chi connectivity index (χ0n) is 15.7. The number of benzene rings is 1. The van der Waals surface area contributed by atoms with E-state index in [4.69, 9.17) is 9.47 Å². The summed E-state index contributed by atoms with van der Waals surface area (Å²) in [5, 5.41) is 7.99. The van der Waals surface area contributed by atoms with Gasteiger partial charge in [-0.15, -0.1) is 0 Å². The molecule has 1 atom stereocenters. The first-order valence-electron chi connectivity index (χ1n) is 8.62. The Morgan fingerprint density at radius 3 is 2.59 bits per heavy atom.